The summed E-state index contributed by atoms with van der Waals surface area (Å²) in [5, 5.41) is 3.01. The molecule has 260 valence electrons. The number of carbonyl (C=O) groups is 2. The maximum atomic E-state index is 14.6. The molecular weight excluding hydrogens is 722 g/mol. The Balaban J connectivity index is 1.88. The highest BCUT2D eigenvalue weighted by Gasteiger charge is 2.37. The maximum Gasteiger partial charge on any atom is 0.416 e. The second-order valence-corrected chi connectivity index (χ2v) is 14.7. The van der Waals surface area contributed by atoms with Crippen molar-refractivity contribution in [2.75, 3.05) is 17.4 Å². The highest BCUT2D eigenvalue weighted by molar-refractivity contribution is 7.92. The first-order valence-electron chi connectivity index (χ1n) is 15.1. The molecule has 0 saturated carbocycles. The molecule has 0 heterocycles. The quantitative estimate of drug-likeness (QED) is 0.149. The Morgan fingerprint density at radius 2 is 1.47 bits per heavy atom. The summed E-state index contributed by atoms with van der Waals surface area (Å²) < 4.78 is 70.4. The van der Waals surface area contributed by atoms with Crippen LogP contribution in [0, 0.1) is 5.92 Å². The monoisotopic (exact) mass is 753 g/mol. The van der Waals surface area contributed by atoms with Crippen molar-refractivity contribution >= 4 is 62.3 Å². The van der Waals surface area contributed by atoms with Gasteiger partial charge in [0, 0.05) is 29.6 Å². The average molecular weight is 755 g/mol. The van der Waals surface area contributed by atoms with Crippen LogP contribution in [0.3, 0.4) is 0 Å². The van der Waals surface area contributed by atoms with Gasteiger partial charge in [0.2, 0.25) is 11.8 Å². The molecule has 14 heteroatoms. The van der Waals surface area contributed by atoms with E-state index in [0.29, 0.717) is 32.6 Å². The van der Waals surface area contributed by atoms with Crippen LogP contribution in [0.4, 0.5) is 18.9 Å². The topological polar surface area (TPSA) is 86.8 Å². The number of anilines is 1. The number of alkyl halides is 3. The molecule has 4 aromatic rings. The number of halogens is 6. The van der Waals surface area contributed by atoms with Crippen LogP contribution in [0.5, 0.6) is 0 Å². The molecule has 0 unspecified atom stereocenters. The fourth-order valence-corrected chi connectivity index (χ4v) is 7.11. The van der Waals surface area contributed by atoms with Gasteiger partial charge in [-0.3, -0.25) is 13.9 Å². The molecule has 0 fully saturated rings. The number of nitrogens with one attached hydrogen (secondary N) is 1. The summed E-state index contributed by atoms with van der Waals surface area (Å²) in [6.45, 7) is 2.80. The lowest BCUT2D eigenvalue weighted by atomic mass is 10.0. The molecule has 0 bridgehead atoms. The molecule has 0 saturated heterocycles. The van der Waals surface area contributed by atoms with Crippen LogP contribution in [0.25, 0.3) is 0 Å². The van der Waals surface area contributed by atoms with E-state index in [1.54, 1.807) is 48.5 Å². The first-order chi connectivity index (χ1) is 23.1. The van der Waals surface area contributed by atoms with Gasteiger partial charge in [-0.05, 0) is 59.5 Å². The van der Waals surface area contributed by atoms with Gasteiger partial charge in [-0.2, -0.15) is 13.2 Å². The number of hydrogen-bond donors (Lipinski definition) is 1. The summed E-state index contributed by atoms with van der Waals surface area (Å²) in [6.07, 6.45) is -4.82. The van der Waals surface area contributed by atoms with Crippen molar-refractivity contribution in [1.82, 2.24) is 10.2 Å². The second kappa shape index (κ2) is 16.3. The number of carbonyl (C=O) groups excluding carboxylic acids is 2. The van der Waals surface area contributed by atoms with Crippen LogP contribution in [0.2, 0.25) is 15.1 Å². The minimum absolute atomic E-state index is 0.0253. The molecule has 7 nitrogen and oxygen atoms in total. The smallest absolute Gasteiger partial charge is 0.354 e. The summed E-state index contributed by atoms with van der Waals surface area (Å²) in [7, 11) is -4.69. The molecule has 0 radical (unpaired) electrons. The lowest BCUT2D eigenvalue weighted by molar-refractivity contribution is -0.140. The average Bonchev–Trinajstić information content (AvgIpc) is 3.05. The van der Waals surface area contributed by atoms with E-state index in [-0.39, 0.29) is 40.4 Å². The number of sulfonamides is 1. The Morgan fingerprint density at radius 3 is 2.06 bits per heavy atom. The fraction of sp³-hybridized carbons (Fsp3) is 0.257. The Bertz CT molecular complexity index is 1880. The normalized spacial score (nSPS) is 12.4. The molecule has 0 aromatic heterocycles. The number of hydrogen-bond acceptors (Lipinski definition) is 4. The van der Waals surface area contributed by atoms with Crippen molar-refractivity contribution in [1.29, 1.82) is 0 Å². The minimum Gasteiger partial charge on any atom is -0.354 e. The van der Waals surface area contributed by atoms with Gasteiger partial charge >= 0.3 is 6.18 Å². The van der Waals surface area contributed by atoms with Crippen molar-refractivity contribution < 1.29 is 31.2 Å². The van der Waals surface area contributed by atoms with Crippen molar-refractivity contribution in [2.45, 2.75) is 43.9 Å². The van der Waals surface area contributed by atoms with Crippen LogP contribution in [-0.2, 0) is 38.8 Å². The Hall–Kier alpha value is -3.77. The van der Waals surface area contributed by atoms with Crippen molar-refractivity contribution in [3.05, 3.63) is 129 Å². The van der Waals surface area contributed by atoms with Crippen molar-refractivity contribution in [3.63, 3.8) is 0 Å². The summed E-state index contributed by atoms with van der Waals surface area (Å²) >= 11 is 19.0. The molecule has 0 aliphatic carbocycles. The maximum absolute atomic E-state index is 14.6. The zero-order valence-corrected chi connectivity index (χ0v) is 29.5. The highest BCUT2D eigenvalue weighted by Crippen LogP contribution is 2.37. The molecule has 0 aliphatic rings. The first-order valence-corrected chi connectivity index (χ1v) is 17.6. The minimum atomic E-state index is -4.85. The van der Waals surface area contributed by atoms with E-state index < -0.39 is 51.9 Å². The van der Waals surface area contributed by atoms with Gasteiger partial charge in [0.15, 0.2) is 0 Å². The van der Waals surface area contributed by atoms with E-state index in [2.05, 4.69) is 5.32 Å². The van der Waals surface area contributed by atoms with E-state index in [0.717, 1.165) is 6.07 Å². The number of nitrogens with zero attached hydrogens (tertiary/aromatic N) is 2. The third kappa shape index (κ3) is 9.91. The van der Waals surface area contributed by atoms with Crippen LogP contribution < -0.4 is 9.62 Å². The summed E-state index contributed by atoms with van der Waals surface area (Å²) in [5.41, 5.74) is -0.653. The van der Waals surface area contributed by atoms with E-state index in [9.17, 15) is 31.2 Å². The van der Waals surface area contributed by atoms with Crippen molar-refractivity contribution in [3.8, 4) is 0 Å². The first kappa shape index (κ1) is 38.0. The molecule has 1 atom stereocenters. The molecule has 1 N–H and O–H groups in total. The van der Waals surface area contributed by atoms with Crippen LogP contribution >= 0.6 is 34.8 Å². The highest BCUT2D eigenvalue weighted by atomic mass is 35.5. The predicted molar refractivity (Wildman–Crippen MR) is 186 cm³/mol. The standard InChI is InChI=1S/C35H33Cl3F3N3O4S/c1-23(2)20-42-34(46)32(17-24-9-5-3-6-10-24)43(21-25-13-15-27(36)19-30(25)38)33(45)22-44(49(47,48)28-11-7-4-8-12-28)31-18-26(35(39,40)41)14-16-29(31)37/h3-16,18-19,23,32H,17,20-22H2,1-2H3,(H,42,46)/t32-/m0/s1. The number of rotatable bonds is 13. The fourth-order valence-electron chi connectivity index (χ4n) is 4.92. The van der Waals surface area contributed by atoms with E-state index in [4.69, 9.17) is 34.8 Å². The van der Waals surface area contributed by atoms with Gasteiger partial charge in [-0.25, -0.2) is 8.42 Å². The Kier molecular flexibility index (Phi) is 12.6. The van der Waals surface area contributed by atoms with Gasteiger partial charge in [0.25, 0.3) is 10.0 Å². The molecular formula is C35H33Cl3F3N3O4S. The van der Waals surface area contributed by atoms with Crippen LogP contribution in [0.1, 0.15) is 30.5 Å². The molecule has 2 amide bonds. The van der Waals surface area contributed by atoms with Gasteiger partial charge in [0.05, 0.1) is 21.2 Å². The van der Waals surface area contributed by atoms with Crippen molar-refractivity contribution in [2.24, 2.45) is 5.92 Å². The third-order valence-corrected chi connectivity index (χ3v) is 10.1. The zero-order chi connectivity index (χ0) is 35.9. The summed E-state index contributed by atoms with van der Waals surface area (Å²) in [4.78, 5) is 29.3. The predicted octanol–water partition coefficient (Wildman–Crippen LogP) is 8.27. The molecule has 49 heavy (non-hydrogen) atoms. The third-order valence-electron chi connectivity index (χ3n) is 7.46. The van der Waals surface area contributed by atoms with Crippen LogP contribution in [-0.4, -0.2) is 44.3 Å². The largest absolute Gasteiger partial charge is 0.416 e. The lowest BCUT2D eigenvalue weighted by Gasteiger charge is -2.34. The van der Waals surface area contributed by atoms with E-state index >= 15 is 0 Å². The zero-order valence-electron chi connectivity index (χ0n) is 26.4. The van der Waals surface area contributed by atoms with E-state index in [1.165, 1.54) is 35.2 Å². The van der Waals surface area contributed by atoms with E-state index in [1.807, 2.05) is 13.8 Å². The molecule has 0 aliphatic heterocycles. The Morgan fingerprint density at radius 1 is 0.837 bits per heavy atom. The van der Waals surface area contributed by atoms with Gasteiger partial charge in [0.1, 0.15) is 12.6 Å². The van der Waals surface area contributed by atoms with Gasteiger partial charge in [-0.15, -0.1) is 0 Å². The number of benzene rings is 4. The second-order valence-electron chi connectivity index (χ2n) is 11.6. The lowest BCUT2D eigenvalue weighted by Crippen LogP contribution is -2.53. The van der Waals surface area contributed by atoms with Crippen LogP contribution in [0.15, 0.2) is 102 Å². The number of amides is 2. The molecule has 4 rings (SSSR count). The van der Waals surface area contributed by atoms with Gasteiger partial charge < -0.3 is 10.2 Å². The summed E-state index contributed by atoms with van der Waals surface area (Å²) in [6, 6.07) is 21.4. The SMILES string of the molecule is CC(C)CNC(=O)[C@H](Cc1ccccc1)N(Cc1ccc(Cl)cc1Cl)C(=O)CN(c1cc(C(F)(F)F)ccc1Cl)S(=O)(=O)c1ccccc1. The molecule has 0 spiro atoms. The summed E-state index contributed by atoms with van der Waals surface area (Å²) in [5.74, 6) is -1.36. The van der Waals surface area contributed by atoms with Gasteiger partial charge in [-0.1, -0.05) is 103 Å². The Labute approximate surface area is 298 Å². The molecule has 4 aromatic carbocycles.